The fraction of sp³-hybridized carbons (Fsp3) is 0.750. The van der Waals surface area contributed by atoms with Crippen molar-refractivity contribution < 1.29 is 4.79 Å². The molecule has 2 nitrogen and oxygen atoms in total. The average Bonchev–Trinajstić information content (AvgIpc) is 2.00. The molecule has 0 amide bonds. The number of aldehydes is 1. The molecular formula is C8H13NO. The van der Waals surface area contributed by atoms with Gasteiger partial charge >= 0.3 is 0 Å². The molecule has 0 aromatic rings. The first-order chi connectivity index (χ1) is 4.68. The molecule has 0 heterocycles. The second kappa shape index (κ2) is 4.05. The molecule has 0 aliphatic carbocycles. The van der Waals surface area contributed by atoms with Gasteiger partial charge in [0.25, 0.3) is 0 Å². The van der Waals surface area contributed by atoms with Crippen LogP contribution in [0.1, 0.15) is 33.1 Å². The largest absolute Gasteiger partial charge is 0.303 e. The van der Waals surface area contributed by atoms with Gasteiger partial charge in [0.2, 0.25) is 0 Å². The molecule has 0 saturated heterocycles. The quantitative estimate of drug-likeness (QED) is 0.558. The molecule has 0 N–H and O–H groups in total. The number of nitrogens with zero attached hydrogens (tertiary/aromatic N) is 1. The summed E-state index contributed by atoms with van der Waals surface area (Å²) in [7, 11) is 0. The Balaban J connectivity index is 3.83. The summed E-state index contributed by atoms with van der Waals surface area (Å²) in [4.78, 5) is 10.5. The monoisotopic (exact) mass is 139 g/mol. The van der Waals surface area contributed by atoms with Gasteiger partial charge in [0.1, 0.15) is 6.29 Å². The van der Waals surface area contributed by atoms with Crippen LogP contribution in [0.2, 0.25) is 0 Å². The molecule has 0 aromatic heterocycles. The van der Waals surface area contributed by atoms with Gasteiger partial charge < -0.3 is 4.79 Å². The second-order valence-electron chi connectivity index (χ2n) is 2.78. The maximum Gasteiger partial charge on any atom is 0.125 e. The summed E-state index contributed by atoms with van der Waals surface area (Å²) < 4.78 is 0. The molecule has 0 rings (SSSR count). The zero-order chi connectivity index (χ0) is 8.04. The van der Waals surface area contributed by atoms with E-state index < -0.39 is 0 Å². The zero-order valence-electron chi connectivity index (χ0n) is 6.55. The lowest BCUT2D eigenvalue weighted by molar-refractivity contribution is -0.115. The standard InChI is InChI=1S/C8H13NO/c1-3-8(2,7-10)5-4-6-9/h7H,3-5H2,1-2H3. The van der Waals surface area contributed by atoms with Gasteiger partial charge in [0.05, 0.1) is 6.07 Å². The molecule has 0 spiro atoms. The highest BCUT2D eigenvalue weighted by Crippen LogP contribution is 2.23. The normalized spacial score (nSPS) is 15.3. The first-order valence-electron chi connectivity index (χ1n) is 3.52. The molecule has 0 radical (unpaired) electrons. The lowest BCUT2D eigenvalue weighted by Gasteiger charge is -2.18. The summed E-state index contributed by atoms with van der Waals surface area (Å²) in [6, 6.07) is 2.03. The van der Waals surface area contributed by atoms with Crippen LogP contribution in [0.25, 0.3) is 0 Å². The summed E-state index contributed by atoms with van der Waals surface area (Å²) in [6.07, 6.45) is 2.93. The van der Waals surface area contributed by atoms with Gasteiger partial charge in [0, 0.05) is 11.8 Å². The molecule has 1 unspecified atom stereocenters. The van der Waals surface area contributed by atoms with Crippen molar-refractivity contribution in [3.8, 4) is 6.07 Å². The fourth-order valence-corrected chi connectivity index (χ4v) is 0.660. The lowest BCUT2D eigenvalue weighted by atomic mass is 9.85. The summed E-state index contributed by atoms with van der Waals surface area (Å²) >= 11 is 0. The predicted octanol–water partition coefficient (Wildman–Crippen LogP) is 1.91. The van der Waals surface area contributed by atoms with Gasteiger partial charge in [-0.15, -0.1) is 0 Å². The summed E-state index contributed by atoms with van der Waals surface area (Å²) in [5.41, 5.74) is -0.268. The highest BCUT2D eigenvalue weighted by molar-refractivity contribution is 5.58. The smallest absolute Gasteiger partial charge is 0.125 e. The van der Waals surface area contributed by atoms with Gasteiger partial charge in [-0.1, -0.05) is 13.8 Å². The van der Waals surface area contributed by atoms with Crippen molar-refractivity contribution >= 4 is 6.29 Å². The van der Waals surface area contributed by atoms with Gasteiger partial charge in [-0.2, -0.15) is 5.26 Å². The molecule has 0 bridgehead atoms. The molecule has 56 valence electrons. The third-order valence-corrected chi connectivity index (χ3v) is 1.90. The zero-order valence-corrected chi connectivity index (χ0v) is 6.55. The van der Waals surface area contributed by atoms with E-state index in [0.29, 0.717) is 12.8 Å². The maximum absolute atomic E-state index is 10.5. The Morgan fingerprint density at radius 1 is 1.70 bits per heavy atom. The number of carbonyl (C=O) groups is 1. The molecule has 1 atom stereocenters. The molecule has 0 aliphatic rings. The van der Waals surface area contributed by atoms with Crippen LogP contribution in [0.3, 0.4) is 0 Å². The van der Waals surface area contributed by atoms with Crippen molar-refractivity contribution in [2.24, 2.45) is 5.41 Å². The highest BCUT2D eigenvalue weighted by atomic mass is 16.1. The van der Waals surface area contributed by atoms with E-state index in [2.05, 4.69) is 0 Å². The number of hydrogen-bond donors (Lipinski definition) is 0. The van der Waals surface area contributed by atoms with E-state index in [-0.39, 0.29) is 5.41 Å². The van der Waals surface area contributed by atoms with Gasteiger partial charge in [-0.05, 0) is 12.8 Å². The van der Waals surface area contributed by atoms with Crippen LogP contribution in [-0.4, -0.2) is 6.29 Å². The van der Waals surface area contributed by atoms with Crippen molar-refractivity contribution in [2.75, 3.05) is 0 Å². The number of nitriles is 1. The van der Waals surface area contributed by atoms with Crippen LogP contribution in [0, 0.1) is 16.7 Å². The average molecular weight is 139 g/mol. The van der Waals surface area contributed by atoms with E-state index in [1.54, 1.807) is 0 Å². The molecule has 0 aromatic carbocycles. The lowest BCUT2D eigenvalue weighted by Crippen LogP contribution is -2.16. The van der Waals surface area contributed by atoms with Crippen molar-refractivity contribution in [3.63, 3.8) is 0 Å². The molecule has 0 aliphatic heterocycles. The molecule has 0 saturated carbocycles. The Bertz CT molecular complexity index is 148. The Labute approximate surface area is 61.8 Å². The second-order valence-corrected chi connectivity index (χ2v) is 2.78. The van der Waals surface area contributed by atoms with Crippen LogP contribution in [0.5, 0.6) is 0 Å². The maximum atomic E-state index is 10.5. The fourth-order valence-electron chi connectivity index (χ4n) is 0.660. The van der Waals surface area contributed by atoms with E-state index >= 15 is 0 Å². The summed E-state index contributed by atoms with van der Waals surface area (Å²) in [5, 5.41) is 8.25. The molecule has 2 heteroatoms. The van der Waals surface area contributed by atoms with Crippen LogP contribution in [0.15, 0.2) is 0 Å². The highest BCUT2D eigenvalue weighted by Gasteiger charge is 2.19. The van der Waals surface area contributed by atoms with Crippen LogP contribution < -0.4 is 0 Å². The van der Waals surface area contributed by atoms with Gasteiger partial charge in [-0.25, -0.2) is 0 Å². The molecular weight excluding hydrogens is 126 g/mol. The first kappa shape index (κ1) is 9.16. The van der Waals surface area contributed by atoms with Crippen LogP contribution in [-0.2, 0) is 4.79 Å². The van der Waals surface area contributed by atoms with Crippen molar-refractivity contribution in [1.29, 1.82) is 5.26 Å². The van der Waals surface area contributed by atoms with Gasteiger partial charge in [-0.3, -0.25) is 0 Å². The van der Waals surface area contributed by atoms with E-state index in [1.165, 1.54) is 0 Å². The van der Waals surface area contributed by atoms with E-state index in [1.807, 2.05) is 19.9 Å². The minimum atomic E-state index is -0.268. The third-order valence-electron chi connectivity index (χ3n) is 1.90. The van der Waals surface area contributed by atoms with Crippen LogP contribution >= 0.6 is 0 Å². The Hall–Kier alpha value is -0.840. The molecule has 0 fully saturated rings. The Kier molecular flexibility index (Phi) is 3.71. The SMILES string of the molecule is CCC(C)(C=O)CCC#N. The Morgan fingerprint density at radius 3 is 2.60 bits per heavy atom. The summed E-state index contributed by atoms with van der Waals surface area (Å²) in [5.74, 6) is 0. The van der Waals surface area contributed by atoms with E-state index in [9.17, 15) is 4.79 Å². The summed E-state index contributed by atoms with van der Waals surface area (Å²) in [6.45, 7) is 3.85. The minimum absolute atomic E-state index is 0.268. The van der Waals surface area contributed by atoms with Crippen molar-refractivity contribution in [2.45, 2.75) is 33.1 Å². The minimum Gasteiger partial charge on any atom is -0.303 e. The number of carbonyl (C=O) groups excluding carboxylic acids is 1. The van der Waals surface area contributed by atoms with Crippen molar-refractivity contribution in [1.82, 2.24) is 0 Å². The topological polar surface area (TPSA) is 40.9 Å². The van der Waals surface area contributed by atoms with E-state index in [4.69, 9.17) is 5.26 Å². The van der Waals surface area contributed by atoms with E-state index in [0.717, 1.165) is 12.7 Å². The predicted molar refractivity (Wildman–Crippen MR) is 39.3 cm³/mol. The number of hydrogen-bond acceptors (Lipinski definition) is 2. The third kappa shape index (κ3) is 2.63. The number of rotatable bonds is 4. The van der Waals surface area contributed by atoms with Crippen LogP contribution in [0.4, 0.5) is 0 Å². The first-order valence-corrected chi connectivity index (χ1v) is 3.52. The van der Waals surface area contributed by atoms with Crippen molar-refractivity contribution in [3.05, 3.63) is 0 Å². The Morgan fingerprint density at radius 2 is 2.30 bits per heavy atom. The van der Waals surface area contributed by atoms with Gasteiger partial charge in [0.15, 0.2) is 0 Å². The molecule has 10 heavy (non-hydrogen) atoms.